The fourth-order valence-electron chi connectivity index (χ4n) is 2.77. The largest absolute Gasteiger partial charge is 0.337 e. The summed E-state index contributed by atoms with van der Waals surface area (Å²) in [7, 11) is 0. The zero-order valence-electron chi connectivity index (χ0n) is 14.6. The highest BCUT2D eigenvalue weighted by atomic mass is 16.2. The van der Waals surface area contributed by atoms with E-state index >= 15 is 0 Å². The first-order valence-corrected chi connectivity index (χ1v) is 8.77. The molecule has 1 aromatic heterocycles. The van der Waals surface area contributed by atoms with Crippen molar-refractivity contribution in [3.8, 4) is 0 Å². The Labute approximate surface area is 143 Å². The van der Waals surface area contributed by atoms with E-state index in [1.807, 2.05) is 11.8 Å². The van der Waals surface area contributed by atoms with Gasteiger partial charge in [0.25, 0.3) is 0 Å². The maximum atomic E-state index is 12.5. The summed E-state index contributed by atoms with van der Waals surface area (Å²) < 4.78 is 0. The minimum Gasteiger partial charge on any atom is -0.337 e. The summed E-state index contributed by atoms with van der Waals surface area (Å²) in [6, 6.07) is 1.78. The van der Waals surface area contributed by atoms with Gasteiger partial charge >= 0.3 is 11.8 Å². The second kappa shape index (κ2) is 9.20. The van der Waals surface area contributed by atoms with E-state index in [1.165, 1.54) is 0 Å². The topological polar surface area (TPSA) is 69.6 Å². The number of hydrogen-bond donors (Lipinski definition) is 0. The van der Waals surface area contributed by atoms with Crippen LogP contribution in [-0.4, -0.2) is 70.9 Å². The molecule has 0 aromatic carbocycles. The summed E-state index contributed by atoms with van der Waals surface area (Å²) in [5.41, 5.74) is 0. The van der Waals surface area contributed by atoms with Crippen LogP contribution in [0.1, 0.15) is 33.1 Å². The van der Waals surface area contributed by atoms with E-state index in [4.69, 9.17) is 0 Å². The Balaban J connectivity index is 1.90. The van der Waals surface area contributed by atoms with Crippen molar-refractivity contribution in [2.24, 2.45) is 0 Å². The summed E-state index contributed by atoms with van der Waals surface area (Å²) in [5.74, 6) is -0.0747. The molecular weight excluding hydrogens is 306 g/mol. The van der Waals surface area contributed by atoms with Crippen LogP contribution in [0.5, 0.6) is 0 Å². The SMILES string of the molecule is CCCCN(CCC)C(=O)C(=O)N1CCN(c2ncccn2)CC1. The fourth-order valence-corrected chi connectivity index (χ4v) is 2.77. The normalized spacial score (nSPS) is 14.6. The molecule has 2 rings (SSSR count). The molecular formula is C17H27N5O2. The standard InChI is InChI=1S/C17H27N5O2/c1-3-5-10-20(9-4-2)15(23)16(24)21-11-13-22(14-12-21)17-18-7-6-8-19-17/h6-8H,3-5,9-14H2,1-2H3. The van der Waals surface area contributed by atoms with E-state index in [0.29, 0.717) is 45.2 Å². The molecule has 7 nitrogen and oxygen atoms in total. The van der Waals surface area contributed by atoms with Crippen molar-refractivity contribution in [2.45, 2.75) is 33.1 Å². The summed E-state index contributed by atoms with van der Waals surface area (Å²) in [6.45, 7) is 7.75. The Morgan fingerprint density at radius 1 is 1.04 bits per heavy atom. The maximum Gasteiger partial charge on any atom is 0.312 e. The molecule has 0 bridgehead atoms. The van der Waals surface area contributed by atoms with Gasteiger partial charge in [-0.1, -0.05) is 20.3 Å². The zero-order chi connectivity index (χ0) is 17.4. The van der Waals surface area contributed by atoms with Gasteiger partial charge in [0.2, 0.25) is 5.95 Å². The molecule has 132 valence electrons. The van der Waals surface area contributed by atoms with Crippen LogP contribution in [0.15, 0.2) is 18.5 Å². The second-order valence-electron chi connectivity index (χ2n) is 5.97. The molecule has 1 aliphatic heterocycles. The van der Waals surface area contributed by atoms with Crippen molar-refractivity contribution < 1.29 is 9.59 Å². The van der Waals surface area contributed by atoms with Gasteiger partial charge < -0.3 is 14.7 Å². The quantitative estimate of drug-likeness (QED) is 0.731. The van der Waals surface area contributed by atoms with E-state index < -0.39 is 0 Å². The third-order valence-electron chi connectivity index (χ3n) is 4.15. The van der Waals surface area contributed by atoms with Crippen LogP contribution < -0.4 is 4.90 Å². The lowest BCUT2D eigenvalue weighted by Gasteiger charge is -2.35. The zero-order valence-corrected chi connectivity index (χ0v) is 14.6. The molecule has 0 unspecified atom stereocenters. The Hall–Kier alpha value is -2.18. The monoisotopic (exact) mass is 333 g/mol. The third-order valence-corrected chi connectivity index (χ3v) is 4.15. The van der Waals surface area contributed by atoms with E-state index in [-0.39, 0.29) is 11.8 Å². The lowest BCUT2D eigenvalue weighted by molar-refractivity contribution is -0.152. The molecule has 0 saturated carbocycles. The fraction of sp³-hybridized carbons (Fsp3) is 0.647. The highest BCUT2D eigenvalue weighted by Gasteiger charge is 2.29. The van der Waals surface area contributed by atoms with Gasteiger partial charge in [0, 0.05) is 51.7 Å². The molecule has 7 heteroatoms. The van der Waals surface area contributed by atoms with Gasteiger partial charge in [-0.2, -0.15) is 0 Å². The molecule has 2 amide bonds. The minimum atomic E-state index is -0.381. The molecule has 0 atom stereocenters. The number of amides is 2. The highest BCUT2D eigenvalue weighted by molar-refractivity contribution is 6.34. The molecule has 0 spiro atoms. The van der Waals surface area contributed by atoms with Crippen molar-refractivity contribution >= 4 is 17.8 Å². The molecule has 24 heavy (non-hydrogen) atoms. The van der Waals surface area contributed by atoms with Crippen LogP contribution in [0.25, 0.3) is 0 Å². The maximum absolute atomic E-state index is 12.5. The Morgan fingerprint density at radius 3 is 2.29 bits per heavy atom. The van der Waals surface area contributed by atoms with Gasteiger partial charge in [-0.3, -0.25) is 9.59 Å². The number of aromatic nitrogens is 2. The van der Waals surface area contributed by atoms with E-state index in [0.717, 1.165) is 19.3 Å². The van der Waals surface area contributed by atoms with Gasteiger partial charge in [-0.05, 0) is 18.9 Å². The van der Waals surface area contributed by atoms with Crippen molar-refractivity contribution in [2.75, 3.05) is 44.2 Å². The molecule has 1 fully saturated rings. The molecule has 1 aromatic rings. The summed E-state index contributed by atoms with van der Waals surface area (Å²) >= 11 is 0. The van der Waals surface area contributed by atoms with Crippen LogP contribution in [0.2, 0.25) is 0 Å². The average Bonchev–Trinajstić information content (AvgIpc) is 2.65. The van der Waals surface area contributed by atoms with Crippen LogP contribution in [0.4, 0.5) is 5.95 Å². The number of piperazine rings is 1. The Bertz CT molecular complexity index is 529. The van der Waals surface area contributed by atoms with Gasteiger partial charge in [0.1, 0.15) is 0 Å². The number of rotatable bonds is 6. The van der Waals surface area contributed by atoms with Gasteiger partial charge in [0.05, 0.1) is 0 Å². The van der Waals surface area contributed by atoms with Crippen molar-refractivity contribution in [3.05, 3.63) is 18.5 Å². The molecule has 0 N–H and O–H groups in total. The second-order valence-corrected chi connectivity index (χ2v) is 5.97. The Kier molecular flexibility index (Phi) is 6.96. The van der Waals surface area contributed by atoms with Crippen molar-refractivity contribution in [3.63, 3.8) is 0 Å². The molecule has 1 saturated heterocycles. The van der Waals surface area contributed by atoms with E-state index in [2.05, 4.69) is 16.9 Å². The summed E-state index contributed by atoms with van der Waals surface area (Å²) in [6.07, 6.45) is 6.22. The number of carbonyl (C=O) groups excluding carboxylic acids is 2. The van der Waals surface area contributed by atoms with Crippen LogP contribution in [0, 0.1) is 0 Å². The Morgan fingerprint density at radius 2 is 1.71 bits per heavy atom. The highest BCUT2D eigenvalue weighted by Crippen LogP contribution is 2.11. The van der Waals surface area contributed by atoms with E-state index in [1.54, 1.807) is 28.3 Å². The number of nitrogens with zero attached hydrogens (tertiary/aromatic N) is 5. The van der Waals surface area contributed by atoms with Gasteiger partial charge in [-0.15, -0.1) is 0 Å². The summed E-state index contributed by atoms with van der Waals surface area (Å²) in [5, 5.41) is 0. The summed E-state index contributed by atoms with van der Waals surface area (Å²) in [4.78, 5) is 38.8. The lowest BCUT2D eigenvalue weighted by atomic mass is 10.2. The van der Waals surface area contributed by atoms with Crippen LogP contribution >= 0.6 is 0 Å². The molecule has 0 radical (unpaired) electrons. The first-order valence-electron chi connectivity index (χ1n) is 8.77. The van der Waals surface area contributed by atoms with E-state index in [9.17, 15) is 9.59 Å². The van der Waals surface area contributed by atoms with Crippen molar-refractivity contribution in [1.82, 2.24) is 19.8 Å². The number of anilines is 1. The van der Waals surface area contributed by atoms with Crippen LogP contribution in [0.3, 0.4) is 0 Å². The van der Waals surface area contributed by atoms with Crippen LogP contribution in [-0.2, 0) is 9.59 Å². The average molecular weight is 333 g/mol. The third kappa shape index (κ3) is 4.66. The molecule has 0 aliphatic carbocycles. The minimum absolute atomic E-state index is 0.366. The number of carbonyl (C=O) groups is 2. The molecule has 1 aliphatic rings. The van der Waals surface area contributed by atoms with Gasteiger partial charge in [-0.25, -0.2) is 9.97 Å². The lowest BCUT2D eigenvalue weighted by Crippen LogP contribution is -2.53. The number of hydrogen-bond acceptors (Lipinski definition) is 5. The first kappa shape index (κ1) is 18.2. The molecule has 2 heterocycles. The van der Waals surface area contributed by atoms with Crippen molar-refractivity contribution in [1.29, 1.82) is 0 Å². The number of unbranched alkanes of at least 4 members (excludes halogenated alkanes) is 1. The first-order chi connectivity index (χ1) is 11.7. The predicted molar refractivity (Wildman–Crippen MR) is 92.6 cm³/mol. The van der Waals surface area contributed by atoms with Gasteiger partial charge in [0.15, 0.2) is 0 Å². The smallest absolute Gasteiger partial charge is 0.312 e. The predicted octanol–water partition coefficient (Wildman–Crippen LogP) is 1.16.